The molecule has 0 radical (unpaired) electrons. The Labute approximate surface area is 144 Å². The molecule has 0 spiro atoms. The summed E-state index contributed by atoms with van der Waals surface area (Å²) in [6.45, 7) is 2.85. The highest BCUT2D eigenvalue weighted by Gasteiger charge is 2.51. The van der Waals surface area contributed by atoms with Crippen LogP contribution in [0.2, 0.25) is 0 Å². The van der Waals surface area contributed by atoms with E-state index in [0.717, 1.165) is 29.9 Å². The van der Waals surface area contributed by atoms with Gasteiger partial charge in [-0.2, -0.15) is 0 Å². The SMILES string of the molecule is CC(=CC(=O)NCCc1ccccn1)C12CC3CC(CC(C3)C1)C2. The lowest BCUT2D eigenvalue weighted by molar-refractivity contribution is -0.116. The first-order valence-electron chi connectivity index (χ1n) is 9.49. The fourth-order valence-corrected chi connectivity index (χ4v) is 5.85. The van der Waals surface area contributed by atoms with Crippen LogP contribution in [0.4, 0.5) is 0 Å². The number of carbonyl (C=O) groups excluding carboxylic acids is 1. The van der Waals surface area contributed by atoms with Gasteiger partial charge in [0.25, 0.3) is 0 Å². The second-order valence-electron chi connectivity index (χ2n) is 8.39. The third-order valence-electron chi connectivity index (χ3n) is 6.63. The van der Waals surface area contributed by atoms with Crippen molar-refractivity contribution in [3.8, 4) is 0 Å². The van der Waals surface area contributed by atoms with Crippen LogP contribution in [0.25, 0.3) is 0 Å². The number of aromatic nitrogens is 1. The van der Waals surface area contributed by atoms with Crippen LogP contribution < -0.4 is 5.32 Å². The molecule has 4 bridgehead atoms. The lowest BCUT2D eigenvalue weighted by Gasteiger charge is -2.57. The highest BCUT2D eigenvalue weighted by Crippen LogP contribution is 2.62. The summed E-state index contributed by atoms with van der Waals surface area (Å²) in [6, 6.07) is 5.91. The van der Waals surface area contributed by atoms with E-state index < -0.39 is 0 Å². The molecule has 1 heterocycles. The number of hydrogen-bond acceptors (Lipinski definition) is 2. The molecule has 4 fully saturated rings. The van der Waals surface area contributed by atoms with Crippen molar-refractivity contribution in [1.82, 2.24) is 10.3 Å². The molecule has 1 aromatic rings. The third kappa shape index (κ3) is 3.13. The van der Waals surface area contributed by atoms with Crippen molar-refractivity contribution >= 4 is 5.91 Å². The predicted octanol–water partition coefficient (Wildman–Crippen LogP) is 3.90. The zero-order valence-corrected chi connectivity index (χ0v) is 14.6. The van der Waals surface area contributed by atoms with Crippen LogP contribution in [-0.2, 0) is 11.2 Å². The maximum atomic E-state index is 12.3. The lowest BCUT2D eigenvalue weighted by Crippen LogP contribution is -2.46. The summed E-state index contributed by atoms with van der Waals surface area (Å²) in [4.78, 5) is 16.6. The first-order valence-corrected chi connectivity index (χ1v) is 9.49. The standard InChI is InChI=1S/C21H28N2O/c1-15(8-20(24)23-7-5-19-4-2-3-6-22-19)21-12-16-9-17(13-21)11-18(10-16)14-21/h2-4,6,8,16-18H,5,7,9-14H2,1H3,(H,23,24). The minimum atomic E-state index is 0.0687. The van der Waals surface area contributed by atoms with Gasteiger partial charge in [-0.3, -0.25) is 9.78 Å². The van der Waals surface area contributed by atoms with E-state index in [9.17, 15) is 4.79 Å². The summed E-state index contributed by atoms with van der Waals surface area (Å²) in [6.07, 6.45) is 12.8. The minimum absolute atomic E-state index is 0.0687. The van der Waals surface area contributed by atoms with Gasteiger partial charge in [0.05, 0.1) is 0 Å². The van der Waals surface area contributed by atoms with E-state index in [1.165, 1.54) is 44.1 Å². The number of pyridine rings is 1. The Bertz CT molecular complexity index is 599. The van der Waals surface area contributed by atoms with Crippen molar-refractivity contribution < 1.29 is 4.79 Å². The molecule has 3 heteroatoms. The maximum absolute atomic E-state index is 12.3. The van der Waals surface area contributed by atoms with E-state index in [-0.39, 0.29) is 5.91 Å². The van der Waals surface area contributed by atoms with E-state index in [2.05, 4.69) is 17.2 Å². The quantitative estimate of drug-likeness (QED) is 0.835. The number of amides is 1. The molecule has 1 N–H and O–H groups in total. The van der Waals surface area contributed by atoms with Gasteiger partial charge in [-0.1, -0.05) is 11.6 Å². The Kier molecular flexibility index (Phi) is 4.19. The first kappa shape index (κ1) is 15.9. The summed E-state index contributed by atoms with van der Waals surface area (Å²) >= 11 is 0. The second kappa shape index (κ2) is 6.34. The van der Waals surface area contributed by atoms with Gasteiger partial charge >= 0.3 is 0 Å². The largest absolute Gasteiger partial charge is 0.352 e. The van der Waals surface area contributed by atoms with Gasteiger partial charge in [0.1, 0.15) is 0 Å². The number of nitrogens with zero attached hydrogens (tertiary/aromatic N) is 1. The molecule has 0 atom stereocenters. The number of carbonyl (C=O) groups is 1. The summed E-state index contributed by atoms with van der Waals surface area (Å²) in [5.74, 6) is 2.84. The van der Waals surface area contributed by atoms with Crippen LogP contribution in [-0.4, -0.2) is 17.4 Å². The van der Waals surface area contributed by atoms with E-state index in [1.54, 1.807) is 6.20 Å². The Morgan fingerprint density at radius 2 is 1.88 bits per heavy atom. The van der Waals surface area contributed by atoms with Gasteiger partial charge in [0.15, 0.2) is 0 Å². The monoisotopic (exact) mass is 324 g/mol. The van der Waals surface area contributed by atoms with Gasteiger partial charge in [-0.25, -0.2) is 0 Å². The first-order chi connectivity index (χ1) is 11.6. The van der Waals surface area contributed by atoms with Crippen LogP contribution in [0, 0.1) is 23.2 Å². The Balaban J connectivity index is 1.35. The number of hydrogen-bond donors (Lipinski definition) is 1. The summed E-state index contributed by atoms with van der Waals surface area (Å²) < 4.78 is 0. The highest BCUT2D eigenvalue weighted by atomic mass is 16.1. The fourth-order valence-electron chi connectivity index (χ4n) is 5.85. The summed E-state index contributed by atoms with van der Waals surface area (Å²) in [7, 11) is 0. The minimum Gasteiger partial charge on any atom is -0.352 e. The van der Waals surface area contributed by atoms with E-state index in [1.807, 2.05) is 24.3 Å². The Morgan fingerprint density at radius 3 is 2.46 bits per heavy atom. The molecule has 0 aliphatic heterocycles. The number of allylic oxidation sites excluding steroid dienone is 1. The zero-order chi connectivity index (χ0) is 16.6. The molecular weight excluding hydrogens is 296 g/mol. The molecule has 4 aliphatic rings. The highest BCUT2D eigenvalue weighted by molar-refractivity contribution is 5.88. The van der Waals surface area contributed by atoms with E-state index >= 15 is 0 Å². The van der Waals surface area contributed by atoms with E-state index in [0.29, 0.717) is 12.0 Å². The number of rotatable bonds is 5. The molecule has 4 aliphatic carbocycles. The van der Waals surface area contributed by atoms with Crippen molar-refractivity contribution in [3.05, 3.63) is 41.7 Å². The zero-order valence-electron chi connectivity index (χ0n) is 14.6. The van der Waals surface area contributed by atoms with Crippen molar-refractivity contribution in [3.63, 3.8) is 0 Å². The molecule has 0 unspecified atom stereocenters. The van der Waals surface area contributed by atoms with Crippen molar-refractivity contribution in [1.29, 1.82) is 0 Å². The molecule has 128 valence electrons. The molecule has 3 nitrogen and oxygen atoms in total. The normalized spacial score (nSPS) is 34.4. The molecule has 5 rings (SSSR count). The fraction of sp³-hybridized carbons (Fsp3) is 0.619. The van der Waals surface area contributed by atoms with Crippen LogP contribution >= 0.6 is 0 Å². The van der Waals surface area contributed by atoms with Crippen molar-refractivity contribution in [2.45, 2.75) is 51.9 Å². The van der Waals surface area contributed by atoms with Crippen molar-refractivity contribution in [2.75, 3.05) is 6.54 Å². The topological polar surface area (TPSA) is 42.0 Å². The van der Waals surface area contributed by atoms with Crippen molar-refractivity contribution in [2.24, 2.45) is 23.2 Å². The molecule has 4 saturated carbocycles. The lowest BCUT2D eigenvalue weighted by atomic mass is 9.48. The summed E-state index contributed by atoms with van der Waals surface area (Å²) in [5, 5.41) is 3.04. The third-order valence-corrected chi connectivity index (χ3v) is 6.63. The maximum Gasteiger partial charge on any atom is 0.243 e. The van der Waals surface area contributed by atoms with Crippen LogP contribution in [0.1, 0.15) is 51.1 Å². The van der Waals surface area contributed by atoms with Crippen LogP contribution in [0.15, 0.2) is 36.0 Å². The van der Waals surface area contributed by atoms with Crippen LogP contribution in [0.3, 0.4) is 0 Å². The predicted molar refractivity (Wildman–Crippen MR) is 95.3 cm³/mol. The molecule has 0 saturated heterocycles. The van der Waals surface area contributed by atoms with E-state index in [4.69, 9.17) is 0 Å². The smallest absolute Gasteiger partial charge is 0.243 e. The van der Waals surface area contributed by atoms with Gasteiger partial charge in [-0.05, 0) is 80.8 Å². The average Bonchev–Trinajstić information content (AvgIpc) is 2.54. The molecular formula is C21H28N2O. The summed E-state index contributed by atoms with van der Waals surface area (Å²) in [5.41, 5.74) is 2.70. The van der Waals surface area contributed by atoms with Gasteiger partial charge in [-0.15, -0.1) is 0 Å². The van der Waals surface area contributed by atoms with Gasteiger partial charge in [0, 0.05) is 30.9 Å². The van der Waals surface area contributed by atoms with Gasteiger partial charge in [0.2, 0.25) is 5.91 Å². The molecule has 1 amide bonds. The second-order valence-corrected chi connectivity index (χ2v) is 8.39. The molecule has 0 aromatic carbocycles. The number of nitrogens with one attached hydrogen (secondary N) is 1. The molecule has 1 aromatic heterocycles. The van der Waals surface area contributed by atoms with Crippen LogP contribution in [0.5, 0.6) is 0 Å². The van der Waals surface area contributed by atoms with Gasteiger partial charge < -0.3 is 5.32 Å². The Hall–Kier alpha value is -1.64. The Morgan fingerprint density at radius 1 is 1.21 bits per heavy atom. The average molecular weight is 324 g/mol. The molecule has 24 heavy (non-hydrogen) atoms.